The quantitative estimate of drug-likeness (QED) is 0.879. The summed E-state index contributed by atoms with van der Waals surface area (Å²) in [7, 11) is 1.22. The van der Waals surface area contributed by atoms with Crippen molar-refractivity contribution in [1.82, 2.24) is 0 Å². The van der Waals surface area contributed by atoms with Gasteiger partial charge in [-0.15, -0.1) is 12.4 Å². The van der Waals surface area contributed by atoms with E-state index in [1.807, 2.05) is 0 Å². The van der Waals surface area contributed by atoms with E-state index in [1.54, 1.807) is 0 Å². The summed E-state index contributed by atoms with van der Waals surface area (Å²) in [6.45, 7) is -1.44. The lowest BCUT2D eigenvalue weighted by Gasteiger charge is -2.22. The summed E-state index contributed by atoms with van der Waals surface area (Å²) in [5.41, 5.74) is 4.81. The fourth-order valence-electron chi connectivity index (χ4n) is 1.25. The molecule has 0 aliphatic carbocycles. The van der Waals surface area contributed by atoms with Gasteiger partial charge in [0.15, 0.2) is 11.6 Å². The molecule has 0 aliphatic rings. The molecule has 0 bridgehead atoms. The summed E-state index contributed by atoms with van der Waals surface area (Å²) in [6.07, 6.45) is 0. The average molecular weight is 272 g/mol. The van der Waals surface area contributed by atoms with Crippen LogP contribution < -0.4 is 10.5 Å². The Morgan fingerprint density at radius 3 is 2.53 bits per heavy atom. The van der Waals surface area contributed by atoms with Crippen LogP contribution in [0.5, 0.6) is 5.75 Å². The topological polar surface area (TPSA) is 55.5 Å². The molecule has 1 rings (SSSR count). The third-order valence-corrected chi connectivity index (χ3v) is 2.21. The zero-order valence-corrected chi connectivity index (χ0v) is 9.81. The van der Waals surface area contributed by atoms with Gasteiger partial charge < -0.3 is 15.6 Å². The largest absolute Gasteiger partial charge is 0.494 e. The third-order valence-electron chi connectivity index (χ3n) is 2.21. The minimum Gasteiger partial charge on any atom is -0.494 e. The number of hydrogen-bond donors (Lipinski definition) is 2. The molecule has 3 N–H and O–H groups in total. The molecule has 0 saturated heterocycles. The molecule has 0 unspecified atom stereocenters. The number of aliphatic hydroxyl groups excluding tert-OH is 1. The van der Waals surface area contributed by atoms with Gasteiger partial charge in [-0.2, -0.15) is 0 Å². The average Bonchev–Trinajstić information content (AvgIpc) is 2.28. The molecule has 0 spiro atoms. The number of methoxy groups -OCH3 is 1. The Morgan fingerprint density at radius 1 is 1.47 bits per heavy atom. The maximum absolute atomic E-state index is 13.6. The van der Waals surface area contributed by atoms with E-state index in [-0.39, 0.29) is 18.2 Å². The van der Waals surface area contributed by atoms with Crippen LogP contribution in [0, 0.1) is 5.82 Å². The van der Waals surface area contributed by atoms with E-state index in [9.17, 15) is 13.2 Å². The number of ether oxygens (including phenoxy) is 1. The SMILES string of the molecule is COc1cccc([C@@H](N)C(F)(F)CO)c1F.Cl. The molecule has 0 heterocycles. The Labute approximate surface area is 103 Å². The first-order valence-electron chi connectivity index (χ1n) is 4.50. The molecule has 0 saturated carbocycles. The number of halogens is 4. The van der Waals surface area contributed by atoms with Crippen LogP contribution in [0.2, 0.25) is 0 Å². The Kier molecular flexibility index (Phi) is 5.74. The van der Waals surface area contributed by atoms with E-state index >= 15 is 0 Å². The number of alkyl halides is 2. The maximum Gasteiger partial charge on any atom is 0.289 e. The van der Waals surface area contributed by atoms with Crippen molar-refractivity contribution in [2.75, 3.05) is 13.7 Å². The van der Waals surface area contributed by atoms with Gasteiger partial charge >= 0.3 is 0 Å². The summed E-state index contributed by atoms with van der Waals surface area (Å²) >= 11 is 0. The van der Waals surface area contributed by atoms with Gasteiger partial charge in [0.1, 0.15) is 6.61 Å². The number of hydrogen-bond acceptors (Lipinski definition) is 3. The molecule has 1 aromatic rings. The van der Waals surface area contributed by atoms with Gasteiger partial charge in [-0.25, -0.2) is 13.2 Å². The Morgan fingerprint density at radius 2 is 2.06 bits per heavy atom. The van der Waals surface area contributed by atoms with E-state index in [1.165, 1.54) is 19.2 Å². The normalized spacial score (nSPS) is 12.8. The van der Waals surface area contributed by atoms with Crippen LogP contribution >= 0.6 is 12.4 Å². The van der Waals surface area contributed by atoms with Gasteiger partial charge in [0, 0.05) is 5.56 Å². The van der Waals surface area contributed by atoms with E-state index in [4.69, 9.17) is 10.8 Å². The van der Waals surface area contributed by atoms with Crippen molar-refractivity contribution >= 4 is 12.4 Å². The van der Waals surface area contributed by atoms with Gasteiger partial charge in [-0.1, -0.05) is 12.1 Å². The third kappa shape index (κ3) is 3.24. The fraction of sp³-hybridized carbons (Fsp3) is 0.400. The van der Waals surface area contributed by atoms with Crippen molar-refractivity contribution in [2.24, 2.45) is 5.73 Å². The smallest absolute Gasteiger partial charge is 0.289 e. The summed E-state index contributed by atoms with van der Waals surface area (Å²) < 4.78 is 44.3. The fourth-order valence-corrected chi connectivity index (χ4v) is 1.25. The molecule has 3 nitrogen and oxygen atoms in total. The zero-order chi connectivity index (χ0) is 12.3. The lowest BCUT2D eigenvalue weighted by Crippen LogP contribution is -2.36. The van der Waals surface area contributed by atoms with Crippen LogP contribution in [-0.4, -0.2) is 24.7 Å². The number of benzene rings is 1. The Bertz CT molecular complexity index is 377. The lowest BCUT2D eigenvalue weighted by molar-refractivity contribution is -0.0719. The molecule has 0 aliphatic heterocycles. The van der Waals surface area contributed by atoms with E-state index in [2.05, 4.69) is 4.74 Å². The van der Waals surface area contributed by atoms with E-state index in [0.29, 0.717) is 0 Å². The maximum atomic E-state index is 13.6. The molecule has 1 aromatic carbocycles. The van der Waals surface area contributed by atoms with Crippen molar-refractivity contribution < 1.29 is 23.0 Å². The molecule has 98 valence electrons. The summed E-state index contributed by atoms with van der Waals surface area (Å²) in [5.74, 6) is -4.68. The van der Waals surface area contributed by atoms with E-state index in [0.717, 1.165) is 6.07 Å². The molecule has 17 heavy (non-hydrogen) atoms. The first-order chi connectivity index (χ1) is 7.44. The van der Waals surface area contributed by atoms with Crippen molar-refractivity contribution in [3.05, 3.63) is 29.6 Å². The highest BCUT2D eigenvalue weighted by Crippen LogP contribution is 2.32. The highest BCUT2D eigenvalue weighted by atomic mass is 35.5. The number of aliphatic hydroxyl groups is 1. The second-order valence-corrected chi connectivity index (χ2v) is 3.26. The number of rotatable bonds is 4. The molecule has 0 aromatic heterocycles. The van der Waals surface area contributed by atoms with Crippen molar-refractivity contribution in [1.29, 1.82) is 0 Å². The van der Waals surface area contributed by atoms with Gasteiger partial charge in [0.05, 0.1) is 13.2 Å². The van der Waals surface area contributed by atoms with Crippen LogP contribution in [0.4, 0.5) is 13.2 Å². The van der Waals surface area contributed by atoms with Crippen LogP contribution in [0.3, 0.4) is 0 Å². The second kappa shape index (κ2) is 6.09. The van der Waals surface area contributed by atoms with Crippen LogP contribution in [0.1, 0.15) is 11.6 Å². The Hall–Kier alpha value is -0.980. The van der Waals surface area contributed by atoms with Gasteiger partial charge in [0.25, 0.3) is 5.92 Å². The molecule has 1 atom stereocenters. The standard InChI is InChI=1S/C10H12F3NO2.ClH/c1-16-7-4-2-3-6(8(7)11)9(14)10(12,13)5-15;/h2-4,9,15H,5,14H2,1H3;1H/t9-;/m1./s1. The predicted molar refractivity (Wildman–Crippen MR) is 59.2 cm³/mol. The monoisotopic (exact) mass is 271 g/mol. The number of nitrogens with two attached hydrogens (primary N) is 1. The minimum atomic E-state index is -3.58. The van der Waals surface area contributed by atoms with Crippen LogP contribution in [0.25, 0.3) is 0 Å². The summed E-state index contributed by atoms with van der Waals surface area (Å²) in [4.78, 5) is 0. The first-order valence-corrected chi connectivity index (χ1v) is 4.50. The summed E-state index contributed by atoms with van der Waals surface area (Å²) in [5, 5.41) is 8.46. The van der Waals surface area contributed by atoms with Crippen molar-refractivity contribution in [3.63, 3.8) is 0 Å². The molecular weight excluding hydrogens is 259 g/mol. The van der Waals surface area contributed by atoms with Crippen LogP contribution in [-0.2, 0) is 0 Å². The molecule has 0 fully saturated rings. The molecule has 0 amide bonds. The van der Waals surface area contributed by atoms with Crippen molar-refractivity contribution in [3.8, 4) is 5.75 Å². The second-order valence-electron chi connectivity index (χ2n) is 3.26. The molecular formula is C10H13ClF3NO2. The highest BCUT2D eigenvalue weighted by molar-refractivity contribution is 5.85. The zero-order valence-electron chi connectivity index (χ0n) is 8.99. The highest BCUT2D eigenvalue weighted by Gasteiger charge is 2.39. The predicted octanol–water partition coefficient (Wildman–Crippen LogP) is 1.88. The van der Waals surface area contributed by atoms with Crippen LogP contribution in [0.15, 0.2) is 18.2 Å². The van der Waals surface area contributed by atoms with Crippen molar-refractivity contribution in [2.45, 2.75) is 12.0 Å². The minimum absolute atomic E-state index is 0. The van der Waals surface area contributed by atoms with Gasteiger partial charge in [-0.3, -0.25) is 0 Å². The van der Waals surface area contributed by atoms with E-state index < -0.39 is 30.0 Å². The first kappa shape index (κ1) is 16.0. The molecule has 0 radical (unpaired) electrons. The van der Waals surface area contributed by atoms with Gasteiger partial charge in [0.2, 0.25) is 0 Å². The lowest BCUT2D eigenvalue weighted by atomic mass is 10.0. The Balaban J connectivity index is 0.00000256. The summed E-state index contributed by atoms with van der Waals surface area (Å²) in [6, 6.07) is 1.87. The molecule has 7 heteroatoms. The van der Waals surface area contributed by atoms with Gasteiger partial charge in [-0.05, 0) is 6.07 Å².